The molecule has 0 saturated carbocycles. The second-order valence-electron chi connectivity index (χ2n) is 3.80. The monoisotopic (exact) mass is 390 g/mol. The number of halogens is 6. The topological polar surface area (TPSA) is 116 Å². The van der Waals surface area contributed by atoms with Crippen LogP contribution in [0.4, 0.5) is 26.3 Å². The molecule has 0 aliphatic rings. The number of alkyl halides is 5. The van der Waals surface area contributed by atoms with Gasteiger partial charge in [0, 0.05) is 0 Å². The maximum atomic E-state index is 13.0. The van der Waals surface area contributed by atoms with Gasteiger partial charge in [0.25, 0.3) is 0 Å². The van der Waals surface area contributed by atoms with Crippen molar-refractivity contribution in [2.75, 3.05) is 13.7 Å². The van der Waals surface area contributed by atoms with Crippen LogP contribution in [0.1, 0.15) is 0 Å². The zero-order chi connectivity index (χ0) is 19.6. The highest BCUT2D eigenvalue weighted by Crippen LogP contribution is 2.38. The van der Waals surface area contributed by atoms with Gasteiger partial charge in [-0.15, -0.1) is 0 Å². The van der Waals surface area contributed by atoms with Crippen LogP contribution in [0.3, 0.4) is 0 Å². The molecule has 0 bridgehead atoms. The van der Waals surface area contributed by atoms with Crippen LogP contribution in [0.2, 0.25) is 0 Å². The number of carbonyl (C=O) groups excluding carboxylic acids is 2. The first-order valence-electron chi connectivity index (χ1n) is 5.23. The molecule has 1 atom stereocenters. The van der Waals surface area contributed by atoms with E-state index < -0.39 is 51.7 Å². The van der Waals surface area contributed by atoms with Gasteiger partial charge in [-0.25, -0.2) is 9.59 Å². The fourth-order valence-electron chi connectivity index (χ4n) is 0.966. The van der Waals surface area contributed by atoms with Crippen LogP contribution in [-0.4, -0.2) is 55.8 Å². The van der Waals surface area contributed by atoms with Crippen LogP contribution in [0, 0.1) is 0 Å². The average Bonchev–Trinajstić information content (AvgIpc) is 2.39. The van der Waals surface area contributed by atoms with Crippen molar-refractivity contribution >= 4 is 22.1 Å². The zero-order valence-corrected chi connectivity index (χ0v) is 12.2. The van der Waals surface area contributed by atoms with E-state index in [0.717, 1.165) is 0 Å². The van der Waals surface area contributed by atoms with Gasteiger partial charge in [0.05, 0.1) is 7.11 Å². The van der Waals surface area contributed by atoms with Gasteiger partial charge in [-0.1, -0.05) is 6.58 Å². The lowest BCUT2D eigenvalue weighted by atomic mass is 10.2. The standard InChI is InChI=1S/C9H8F6O8S/c1-4(10)5(16)23-8(6(17)21-2,9(13,14)15)22-3-7(11,12)24(18,19)20/h1,3H2,2H3,(H,18,19,20). The first-order chi connectivity index (χ1) is 10.5. The quantitative estimate of drug-likeness (QED) is 0.225. The molecule has 0 spiro atoms. The zero-order valence-electron chi connectivity index (χ0n) is 11.4. The number of carbonyl (C=O) groups is 2. The lowest BCUT2D eigenvalue weighted by molar-refractivity contribution is -0.359. The van der Waals surface area contributed by atoms with E-state index in [9.17, 15) is 44.3 Å². The second-order valence-corrected chi connectivity index (χ2v) is 5.35. The Morgan fingerprint density at radius 1 is 1.17 bits per heavy atom. The fourth-order valence-corrected chi connectivity index (χ4v) is 1.17. The Hall–Kier alpha value is -1.87. The first kappa shape index (κ1) is 22.1. The highest BCUT2D eigenvalue weighted by molar-refractivity contribution is 7.86. The van der Waals surface area contributed by atoms with Gasteiger partial charge in [-0.05, 0) is 0 Å². The van der Waals surface area contributed by atoms with Gasteiger partial charge in [0.2, 0.25) is 5.83 Å². The molecule has 0 amide bonds. The van der Waals surface area contributed by atoms with E-state index in [4.69, 9.17) is 4.55 Å². The molecule has 0 aromatic carbocycles. The molecule has 0 saturated heterocycles. The lowest BCUT2D eigenvalue weighted by Crippen LogP contribution is -2.59. The molecule has 0 fully saturated rings. The van der Waals surface area contributed by atoms with Crippen molar-refractivity contribution in [3.8, 4) is 0 Å². The molecule has 15 heteroatoms. The van der Waals surface area contributed by atoms with E-state index in [1.807, 2.05) is 0 Å². The van der Waals surface area contributed by atoms with Gasteiger partial charge >= 0.3 is 39.3 Å². The summed E-state index contributed by atoms with van der Waals surface area (Å²) in [4.78, 5) is 22.2. The summed E-state index contributed by atoms with van der Waals surface area (Å²) in [7, 11) is -5.96. The van der Waals surface area contributed by atoms with Crippen LogP contribution in [0.25, 0.3) is 0 Å². The van der Waals surface area contributed by atoms with E-state index >= 15 is 0 Å². The molecule has 8 nitrogen and oxygen atoms in total. The molecule has 24 heavy (non-hydrogen) atoms. The summed E-state index contributed by atoms with van der Waals surface area (Å²) in [5.74, 6) is -12.3. The molecule has 0 radical (unpaired) electrons. The third kappa shape index (κ3) is 4.57. The number of hydrogen-bond donors (Lipinski definition) is 1. The Morgan fingerprint density at radius 2 is 1.62 bits per heavy atom. The molecule has 0 aliphatic heterocycles. The predicted molar refractivity (Wildman–Crippen MR) is 59.6 cm³/mol. The Kier molecular flexibility index (Phi) is 6.40. The van der Waals surface area contributed by atoms with E-state index in [0.29, 0.717) is 7.11 Å². The second kappa shape index (κ2) is 6.94. The maximum absolute atomic E-state index is 13.0. The lowest BCUT2D eigenvalue weighted by Gasteiger charge is -2.32. The van der Waals surface area contributed by atoms with Gasteiger partial charge in [-0.2, -0.15) is 34.8 Å². The first-order valence-corrected chi connectivity index (χ1v) is 6.67. The third-order valence-corrected chi connectivity index (χ3v) is 2.98. The molecule has 0 aromatic heterocycles. The SMILES string of the molecule is C=C(F)C(=O)OC(OCC(F)(F)S(=O)(=O)O)(C(=O)OC)C(F)(F)F. The number of esters is 2. The fraction of sp³-hybridized carbons (Fsp3) is 0.556. The van der Waals surface area contributed by atoms with Gasteiger partial charge in [0.15, 0.2) is 0 Å². The number of ether oxygens (including phenoxy) is 3. The highest BCUT2D eigenvalue weighted by atomic mass is 32.2. The van der Waals surface area contributed by atoms with Crippen molar-refractivity contribution in [2.24, 2.45) is 0 Å². The third-order valence-electron chi connectivity index (χ3n) is 2.11. The Labute approximate surface area is 129 Å². The molecular formula is C9H8F6O8S. The molecular weight excluding hydrogens is 382 g/mol. The summed E-state index contributed by atoms with van der Waals surface area (Å²) in [6, 6.07) is 0. The van der Waals surface area contributed by atoms with Gasteiger partial charge in [0.1, 0.15) is 6.61 Å². The predicted octanol–water partition coefficient (Wildman–Crippen LogP) is 0.942. The van der Waals surface area contributed by atoms with Crippen molar-refractivity contribution in [2.45, 2.75) is 17.2 Å². The number of methoxy groups -OCH3 is 1. The molecule has 140 valence electrons. The van der Waals surface area contributed by atoms with E-state index in [1.54, 1.807) is 0 Å². The highest BCUT2D eigenvalue weighted by Gasteiger charge is 2.69. The molecule has 1 unspecified atom stereocenters. The summed E-state index contributed by atoms with van der Waals surface area (Å²) in [6.45, 7) is -0.545. The summed E-state index contributed by atoms with van der Waals surface area (Å²) >= 11 is 0. The average molecular weight is 390 g/mol. The van der Waals surface area contributed by atoms with Crippen LogP contribution >= 0.6 is 0 Å². The smallest absolute Gasteiger partial charge is 0.464 e. The summed E-state index contributed by atoms with van der Waals surface area (Å²) in [5, 5.41) is -5.34. The molecule has 0 heterocycles. The van der Waals surface area contributed by atoms with Crippen molar-refractivity contribution < 1.29 is 63.1 Å². The minimum absolute atomic E-state index is 0.297. The molecule has 0 aromatic rings. The summed E-state index contributed by atoms with van der Waals surface area (Å²) in [5.41, 5.74) is 0. The number of hydrogen-bond acceptors (Lipinski definition) is 7. The van der Waals surface area contributed by atoms with E-state index in [-0.39, 0.29) is 0 Å². The van der Waals surface area contributed by atoms with Crippen LogP contribution < -0.4 is 0 Å². The Bertz CT molecular complexity index is 626. The minimum Gasteiger partial charge on any atom is -0.464 e. The van der Waals surface area contributed by atoms with Crippen molar-refractivity contribution in [1.29, 1.82) is 0 Å². The van der Waals surface area contributed by atoms with Gasteiger partial charge in [-0.3, -0.25) is 4.55 Å². The summed E-state index contributed by atoms with van der Waals surface area (Å²) < 4.78 is 117. The van der Waals surface area contributed by atoms with Crippen molar-refractivity contribution in [1.82, 2.24) is 0 Å². The van der Waals surface area contributed by atoms with Crippen LogP contribution in [0.5, 0.6) is 0 Å². The number of rotatable bonds is 7. The van der Waals surface area contributed by atoms with E-state index in [2.05, 4.69) is 20.8 Å². The Balaban J connectivity index is 5.99. The van der Waals surface area contributed by atoms with Gasteiger partial charge < -0.3 is 14.2 Å². The largest absolute Gasteiger partial charge is 0.468 e. The van der Waals surface area contributed by atoms with Crippen molar-refractivity contribution in [3.05, 3.63) is 12.4 Å². The molecule has 1 N–H and O–H groups in total. The van der Waals surface area contributed by atoms with Crippen LogP contribution in [0.15, 0.2) is 12.4 Å². The normalized spacial score (nSPS) is 15.3. The van der Waals surface area contributed by atoms with E-state index in [1.165, 1.54) is 0 Å². The maximum Gasteiger partial charge on any atom is 0.468 e. The van der Waals surface area contributed by atoms with Crippen molar-refractivity contribution in [3.63, 3.8) is 0 Å². The molecule has 0 aliphatic carbocycles. The van der Waals surface area contributed by atoms with Crippen LogP contribution in [-0.2, 0) is 33.9 Å². The summed E-state index contributed by atoms with van der Waals surface area (Å²) in [6.07, 6.45) is -6.11. The molecule has 0 rings (SSSR count). The Morgan fingerprint density at radius 3 is 1.92 bits per heavy atom. The minimum atomic E-state index is -6.26.